The Bertz CT molecular complexity index is 530. The van der Waals surface area contributed by atoms with E-state index >= 15 is 0 Å². The van der Waals surface area contributed by atoms with Crippen molar-refractivity contribution < 1.29 is 0 Å². The maximum atomic E-state index is 4.71. The lowest BCUT2D eigenvalue weighted by Crippen LogP contribution is -2.22. The molecule has 2 N–H and O–H groups in total. The highest BCUT2D eigenvalue weighted by Crippen LogP contribution is 2.16. The van der Waals surface area contributed by atoms with Crippen LogP contribution in [0.5, 0.6) is 0 Å². The summed E-state index contributed by atoms with van der Waals surface area (Å²) < 4.78 is 2.34. The molecule has 4 heteroatoms. The van der Waals surface area contributed by atoms with E-state index in [4.69, 9.17) is 4.98 Å². The van der Waals surface area contributed by atoms with Crippen LogP contribution in [0.4, 0.5) is 0 Å². The van der Waals surface area contributed by atoms with Gasteiger partial charge in [0.15, 0.2) is 0 Å². The Labute approximate surface area is 121 Å². The third kappa shape index (κ3) is 3.81. The summed E-state index contributed by atoms with van der Waals surface area (Å²) in [6.45, 7) is 8.46. The molecule has 0 amide bonds. The van der Waals surface area contributed by atoms with Crippen LogP contribution in [0.1, 0.15) is 26.1 Å². The standard InChI is InChI=1S/C16H26N4/c1-13(2)11-18-9-6-10-20-15-8-5-4-7-14(15)19-16(20)12-17-3/h4-5,7-8,13,17-18H,6,9-12H2,1-3H3. The lowest BCUT2D eigenvalue weighted by molar-refractivity contribution is 0.518. The van der Waals surface area contributed by atoms with Gasteiger partial charge in [0.05, 0.1) is 17.6 Å². The number of aryl methyl sites for hydroxylation is 1. The maximum absolute atomic E-state index is 4.71. The van der Waals surface area contributed by atoms with Crippen LogP contribution in [0.15, 0.2) is 24.3 Å². The molecule has 0 fully saturated rings. The molecule has 0 radical (unpaired) electrons. The van der Waals surface area contributed by atoms with Gasteiger partial charge in [0.1, 0.15) is 5.82 Å². The Kier molecular flexibility index (Phi) is 5.56. The van der Waals surface area contributed by atoms with E-state index in [2.05, 4.69) is 47.2 Å². The van der Waals surface area contributed by atoms with Crippen LogP contribution in [0.25, 0.3) is 11.0 Å². The summed E-state index contributed by atoms with van der Waals surface area (Å²) in [5, 5.41) is 6.70. The van der Waals surface area contributed by atoms with Crippen LogP contribution in [-0.4, -0.2) is 29.7 Å². The molecule has 20 heavy (non-hydrogen) atoms. The van der Waals surface area contributed by atoms with Gasteiger partial charge in [0.25, 0.3) is 0 Å². The van der Waals surface area contributed by atoms with Crippen molar-refractivity contribution in [3.63, 3.8) is 0 Å². The fourth-order valence-corrected chi connectivity index (χ4v) is 2.42. The van der Waals surface area contributed by atoms with Crippen molar-refractivity contribution in [2.45, 2.75) is 33.4 Å². The van der Waals surface area contributed by atoms with Gasteiger partial charge in [-0.25, -0.2) is 4.98 Å². The molecule has 0 spiro atoms. The van der Waals surface area contributed by atoms with E-state index in [9.17, 15) is 0 Å². The number of aromatic nitrogens is 2. The molecule has 0 aliphatic carbocycles. The van der Waals surface area contributed by atoms with Gasteiger partial charge >= 0.3 is 0 Å². The van der Waals surface area contributed by atoms with Crippen LogP contribution in [0, 0.1) is 5.92 Å². The topological polar surface area (TPSA) is 41.9 Å². The van der Waals surface area contributed by atoms with Crippen LogP contribution < -0.4 is 10.6 Å². The van der Waals surface area contributed by atoms with Gasteiger partial charge in [0.2, 0.25) is 0 Å². The Hall–Kier alpha value is -1.39. The molecule has 0 atom stereocenters. The zero-order valence-corrected chi connectivity index (χ0v) is 12.8. The second-order valence-corrected chi connectivity index (χ2v) is 5.65. The minimum absolute atomic E-state index is 0.712. The second kappa shape index (κ2) is 7.41. The van der Waals surface area contributed by atoms with Crippen LogP contribution >= 0.6 is 0 Å². The van der Waals surface area contributed by atoms with E-state index in [1.165, 1.54) is 5.52 Å². The molecule has 1 aromatic carbocycles. The second-order valence-electron chi connectivity index (χ2n) is 5.65. The van der Waals surface area contributed by atoms with E-state index in [1.54, 1.807) is 0 Å². The lowest BCUT2D eigenvalue weighted by atomic mass is 10.2. The summed E-state index contributed by atoms with van der Waals surface area (Å²) in [4.78, 5) is 4.71. The van der Waals surface area contributed by atoms with E-state index < -0.39 is 0 Å². The van der Waals surface area contributed by atoms with Gasteiger partial charge in [-0.3, -0.25) is 0 Å². The van der Waals surface area contributed by atoms with Crippen molar-refractivity contribution in [2.24, 2.45) is 5.92 Å². The molecule has 2 rings (SSSR count). The first-order chi connectivity index (χ1) is 9.72. The van der Waals surface area contributed by atoms with Gasteiger partial charge < -0.3 is 15.2 Å². The van der Waals surface area contributed by atoms with Crippen molar-refractivity contribution in [2.75, 3.05) is 20.1 Å². The summed E-state index contributed by atoms with van der Waals surface area (Å²) in [5.41, 5.74) is 2.33. The summed E-state index contributed by atoms with van der Waals surface area (Å²) in [5.74, 6) is 1.83. The van der Waals surface area contributed by atoms with Crippen molar-refractivity contribution >= 4 is 11.0 Å². The zero-order chi connectivity index (χ0) is 14.4. The molecule has 110 valence electrons. The normalized spacial score (nSPS) is 11.6. The SMILES string of the molecule is CNCc1nc2ccccc2n1CCCNCC(C)C. The van der Waals surface area contributed by atoms with E-state index in [-0.39, 0.29) is 0 Å². The Balaban J connectivity index is 2.01. The van der Waals surface area contributed by atoms with Gasteiger partial charge in [-0.2, -0.15) is 0 Å². The number of para-hydroxylation sites is 2. The average Bonchev–Trinajstić information content (AvgIpc) is 2.76. The van der Waals surface area contributed by atoms with Gasteiger partial charge in [0, 0.05) is 6.54 Å². The number of benzene rings is 1. The summed E-state index contributed by atoms with van der Waals surface area (Å²) >= 11 is 0. The molecule has 4 nitrogen and oxygen atoms in total. The van der Waals surface area contributed by atoms with E-state index in [1.807, 2.05) is 13.1 Å². The predicted molar refractivity (Wildman–Crippen MR) is 84.8 cm³/mol. The molecule has 0 aliphatic rings. The first-order valence-electron chi connectivity index (χ1n) is 7.52. The van der Waals surface area contributed by atoms with E-state index in [0.717, 1.165) is 43.9 Å². The first kappa shape index (κ1) is 15.0. The number of hydrogen-bond donors (Lipinski definition) is 2. The Morgan fingerprint density at radius 2 is 2.05 bits per heavy atom. The predicted octanol–water partition coefficient (Wildman–Crippen LogP) is 2.39. The Morgan fingerprint density at radius 1 is 1.25 bits per heavy atom. The quantitative estimate of drug-likeness (QED) is 0.726. The highest BCUT2D eigenvalue weighted by Gasteiger charge is 2.08. The summed E-state index contributed by atoms with van der Waals surface area (Å²) in [6.07, 6.45) is 1.13. The molecule has 0 aliphatic heterocycles. The summed E-state index contributed by atoms with van der Waals surface area (Å²) in [7, 11) is 1.97. The largest absolute Gasteiger partial charge is 0.327 e. The number of fused-ring (bicyclic) bond motifs is 1. The summed E-state index contributed by atoms with van der Waals surface area (Å²) in [6, 6.07) is 8.37. The van der Waals surface area contributed by atoms with E-state index in [0.29, 0.717) is 5.92 Å². The molecule has 1 heterocycles. The van der Waals surface area contributed by atoms with Gasteiger partial charge in [-0.1, -0.05) is 26.0 Å². The molecule has 0 bridgehead atoms. The Morgan fingerprint density at radius 3 is 2.80 bits per heavy atom. The lowest BCUT2D eigenvalue weighted by Gasteiger charge is -2.10. The van der Waals surface area contributed by atoms with Gasteiger partial charge in [-0.15, -0.1) is 0 Å². The zero-order valence-electron chi connectivity index (χ0n) is 12.8. The van der Waals surface area contributed by atoms with Crippen molar-refractivity contribution in [1.29, 1.82) is 0 Å². The van der Waals surface area contributed by atoms with Crippen LogP contribution in [0.2, 0.25) is 0 Å². The number of imidazole rings is 1. The molecular formula is C16H26N4. The van der Waals surface area contributed by atoms with Crippen molar-refractivity contribution in [3.8, 4) is 0 Å². The monoisotopic (exact) mass is 274 g/mol. The third-order valence-corrected chi connectivity index (χ3v) is 3.36. The molecule has 0 unspecified atom stereocenters. The maximum Gasteiger partial charge on any atom is 0.123 e. The average molecular weight is 274 g/mol. The third-order valence-electron chi connectivity index (χ3n) is 3.36. The molecule has 0 saturated heterocycles. The molecule has 1 aromatic heterocycles. The smallest absolute Gasteiger partial charge is 0.123 e. The number of rotatable bonds is 8. The first-order valence-corrected chi connectivity index (χ1v) is 7.52. The highest BCUT2D eigenvalue weighted by molar-refractivity contribution is 5.75. The molecular weight excluding hydrogens is 248 g/mol. The van der Waals surface area contributed by atoms with Crippen LogP contribution in [0.3, 0.4) is 0 Å². The number of hydrogen-bond acceptors (Lipinski definition) is 3. The highest BCUT2D eigenvalue weighted by atomic mass is 15.1. The van der Waals surface area contributed by atoms with Crippen LogP contribution in [-0.2, 0) is 13.1 Å². The van der Waals surface area contributed by atoms with Crippen molar-refractivity contribution in [1.82, 2.24) is 20.2 Å². The minimum Gasteiger partial charge on any atom is -0.327 e. The molecule has 0 saturated carbocycles. The fourth-order valence-electron chi connectivity index (χ4n) is 2.42. The minimum atomic E-state index is 0.712. The van der Waals surface area contributed by atoms with Gasteiger partial charge in [-0.05, 0) is 44.6 Å². The van der Waals surface area contributed by atoms with Crippen molar-refractivity contribution in [3.05, 3.63) is 30.1 Å². The molecule has 2 aromatic rings. The number of nitrogens with zero attached hydrogens (tertiary/aromatic N) is 2. The number of nitrogens with one attached hydrogen (secondary N) is 2. The fraction of sp³-hybridized carbons (Fsp3) is 0.562.